The molecular formula is C20H21BrN4O3. The summed E-state index contributed by atoms with van der Waals surface area (Å²) in [5.74, 6) is 0.957. The maximum absolute atomic E-state index is 13.0. The molecule has 0 aliphatic heterocycles. The predicted octanol–water partition coefficient (Wildman–Crippen LogP) is 3.88. The highest BCUT2D eigenvalue weighted by Gasteiger charge is 2.22. The van der Waals surface area contributed by atoms with Gasteiger partial charge in [0.25, 0.3) is 5.91 Å². The summed E-state index contributed by atoms with van der Waals surface area (Å²) in [5.41, 5.74) is 2.41. The van der Waals surface area contributed by atoms with Crippen LogP contribution in [0.15, 0.2) is 53.5 Å². The van der Waals surface area contributed by atoms with E-state index in [1.807, 2.05) is 31.2 Å². The third-order valence-electron chi connectivity index (χ3n) is 4.65. The van der Waals surface area contributed by atoms with Crippen LogP contribution in [0.1, 0.15) is 28.9 Å². The van der Waals surface area contributed by atoms with Crippen LogP contribution < -0.4 is 9.47 Å². The molecule has 3 aromatic rings. The SMILES string of the molecule is COc1cc(C(=O)N(C)[C@@H](C)c2ccc(-n3cncn3)cc2)cc(OC)c1Br. The summed E-state index contributed by atoms with van der Waals surface area (Å²) >= 11 is 3.42. The van der Waals surface area contributed by atoms with Crippen LogP contribution in [0.25, 0.3) is 5.69 Å². The van der Waals surface area contributed by atoms with Gasteiger partial charge in [0.1, 0.15) is 28.6 Å². The van der Waals surface area contributed by atoms with Crippen molar-refractivity contribution in [2.24, 2.45) is 0 Å². The quantitative estimate of drug-likeness (QED) is 0.576. The molecular weight excluding hydrogens is 424 g/mol. The van der Waals surface area contributed by atoms with Gasteiger partial charge in [0, 0.05) is 12.6 Å². The Labute approximate surface area is 172 Å². The number of amides is 1. The topological polar surface area (TPSA) is 69.5 Å². The van der Waals surface area contributed by atoms with Crippen LogP contribution in [0.5, 0.6) is 11.5 Å². The third kappa shape index (κ3) is 3.87. The molecule has 0 aliphatic carbocycles. The number of hydrogen-bond acceptors (Lipinski definition) is 5. The molecule has 2 aromatic carbocycles. The molecule has 1 heterocycles. The highest BCUT2D eigenvalue weighted by molar-refractivity contribution is 9.10. The molecule has 0 saturated heterocycles. The highest BCUT2D eigenvalue weighted by atomic mass is 79.9. The van der Waals surface area contributed by atoms with E-state index in [1.54, 1.807) is 49.3 Å². The van der Waals surface area contributed by atoms with Crippen LogP contribution in [0.3, 0.4) is 0 Å². The zero-order valence-corrected chi connectivity index (χ0v) is 17.7. The van der Waals surface area contributed by atoms with E-state index in [1.165, 1.54) is 6.33 Å². The van der Waals surface area contributed by atoms with Gasteiger partial charge in [-0.2, -0.15) is 5.10 Å². The summed E-state index contributed by atoms with van der Waals surface area (Å²) in [6, 6.07) is 11.1. The number of carbonyl (C=O) groups is 1. The monoisotopic (exact) mass is 444 g/mol. The maximum Gasteiger partial charge on any atom is 0.254 e. The Balaban J connectivity index is 1.83. The summed E-state index contributed by atoms with van der Waals surface area (Å²) in [6.45, 7) is 1.98. The zero-order chi connectivity index (χ0) is 20.3. The Morgan fingerprint density at radius 3 is 2.25 bits per heavy atom. The number of methoxy groups -OCH3 is 2. The number of halogens is 1. The van der Waals surface area contributed by atoms with Gasteiger partial charge in [-0.15, -0.1) is 0 Å². The highest BCUT2D eigenvalue weighted by Crippen LogP contribution is 2.36. The molecule has 146 valence electrons. The molecule has 0 bridgehead atoms. The molecule has 0 radical (unpaired) electrons. The number of hydrogen-bond donors (Lipinski definition) is 0. The summed E-state index contributed by atoms with van der Waals surface area (Å²) in [5, 5.41) is 4.12. The second-order valence-corrected chi connectivity index (χ2v) is 7.01. The van der Waals surface area contributed by atoms with Crippen LogP contribution in [0, 0.1) is 0 Å². The summed E-state index contributed by atoms with van der Waals surface area (Å²) < 4.78 is 13.0. The van der Waals surface area contributed by atoms with Crippen molar-refractivity contribution in [2.45, 2.75) is 13.0 Å². The number of rotatable bonds is 6. The van der Waals surface area contributed by atoms with Crippen LogP contribution in [-0.4, -0.2) is 46.8 Å². The first-order valence-corrected chi connectivity index (χ1v) is 9.39. The fourth-order valence-electron chi connectivity index (χ4n) is 2.84. The largest absolute Gasteiger partial charge is 0.495 e. The standard InChI is InChI=1S/C20H21BrN4O3/c1-13(14-5-7-16(8-6-14)25-12-22-11-23-25)24(2)20(26)15-9-17(27-3)19(21)18(10-15)28-4/h5-13H,1-4H3/t13-/m0/s1. The Kier molecular flexibility index (Phi) is 5.99. The minimum Gasteiger partial charge on any atom is -0.495 e. The lowest BCUT2D eigenvalue weighted by atomic mass is 10.1. The average molecular weight is 445 g/mol. The lowest BCUT2D eigenvalue weighted by molar-refractivity contribution is 0.0742. The Bertz CT molecular complexity index is 933. The first-order chi connectivity index (χ1) is 13.5. The van der Waals surface area contributed by atoms with E-state index in [9.17, 15) is 4.79 Å². The molecule has 7 nitrogen and oxygen atoms in total. The van der Waals surface area contributed by atoms with Crippen LogP contribution >= 0.6 is 15.9 Å². The third-order valence-corrected chi connectivity index (χ3v) is 5.43. The molecule has 1 aromatic heterocycles. The van der Waals surface area contributed by atoms with Crippen molar-refractivity contribution >= 4 is 21.8 Å². The second kappa shape index (κ2) is 8.43. The van der Waals surface area contributed by atoms with E-state index >= 15 is 0 Å². The van der Waals surface area contributed by atoms with Crippen molar-refractivity contribution in [3.63, 3.8) is 0 Å². The number of benzene rings is 2. The number of ether oxygens (including phenoxy) is 2. The van der Waals surface area contributed by atoms with Crippen LogP contribution in [0.2, 0.25) is 0 Å². The Morgan fingerprint density at radius 1 is 1.14 bits per heavy atom. The molecule has 28 heavy (non-hydrogen) atoms. The fourth-order valence-corrected chi connectivity index (χ4v) is 3.40. The van der Waals surface area contributed by atoms with Gasteiger partial charge < -0.3 is 14.4 Å². The molecule has 3 rings (SSSR count). The van der Waals surface area contributed by atoms with Gasteiger partial charge in [-0.1, -0.05) is 12.1 Å². The summed E-state index contributed by atoms with van der Waals surface area (Å²) in [7, 11) is 4.88. The maximum atomic E-state index is 13.0. The van der Waals surface area contributed by atoms with E-state index in [0.717, 1.165) is 11.3 Å². The summed E-state index contributed by atoms with van der Waals surface area (Å²) in [6.07, 6.45) is 3.13. The number of carbonyl (C=O) groups excluding carboxylic acids is 1. The molecule has 1 atom stereocenters. The Hall–Kier alpha value is -2.87. The van der Waals surface area contributed by atoms with E-state index in [0.29, 0.717) is 21.5 Å². The minimum atomic E-state index is -0.128. The van der Waals surface area contributed by atoms with Gasteiger partial charge in [-0.25, -0.2) is 9.67 Å². The minimum absolute atomic E-state index is 0.127. The zero-order valence-electron chi connectivity index (χ0n) is 16.1. The van der Waals surface area contributed by atoms with Crippen molar-refractivity contribution in [1.29, 1.82) is 0 Å². The molecule has 8 heteroatoms. The first-order valence-electron chi connectivity index (χ1n) is 8.60. The van der Waals surface area contributed by atoms with E-state index in [-0.39, 0.29) is 11.9 Å². The van der Waals surface area contributed by atoms with Gasteiger partial charge in [0.05, 0.1) is 25.9 Å². The van der Waals surface area contributed by atoms with Crippen molar-refractivity contribution in [3.05, 3.63) is 64.7 Å². The molecule has 0 spiro atoms. The average Bonchev–Trinajstić information content (AvgIpc) is 3.27. The molecule has 0 unspecified atom stereocenters. The van der Waals surface area contributed by atoms with Gasteiger partial charge in [-0.05, 0) is 52.7 Å². The first kappa shape index (κ1) is 19.9. The van der Waals surface area contributed by atoms with E-state index in [2.05, 4.69) is 26.0 Å². The van der Waals surface area contributed by atoms with E-state index in [4.69, 9.17) is 9.47 Å². The molecule has 0 fully saturated rings. The smallest absolute Gasteiger partial charge is 0.254 e. The van der Waals surface area contributed by atoms with Gasteiger partial charge in [-0.3, -0.25) is 4.79 Å². The number of nitrogens with zero attached hydrogens (tertiary/aromatic N) is 4. The lowest BCUT2D eigenvalue weighted by Gasteiger charge is -2.26. The van der Waals surface area contributed by atoms with Gasteiger partial charge >= 0.3 is 0 Å². The molecule has 0 N–H and O–H groups in total. The van der Waals surface area contributed by atoms with Crippen molar-refractivity contribution in [1.82, 2.24) is 19.7 Å². The van der Waals surface area contributed by atoms with Gasteiger partial charge in [0.15, 0.2) is 0 Å². The summed E-state index contributed by atoms with van der Waals surface area (Å²) in [4.78, 5) is 18.7. The van der Waals surface area contributed by atoms with E-state index < -0.39 is 0 Å². The molecule has 1 amide bonds. The van der Waals surface area contributed by atoms with Crippen LogP contribution in [0.4, 0.5) is 0 Å². The lowest BCUT2D eigenvalue weighted by Crippen LogP contribution is -2.29. The van der Waals surface area contributed by atoms with Crippen molar-refractivity contribution in [2.75, 3.05) is 21.3 Å². The van der Waals surface area contributed by atoms with Crippen LogP contribution in [-0.2, 0) is 0 Å². The van der Waals surface area contributed by atoms with Gasteiger partial charge in [0.2, 0.25) is 0 Å². The number of aromatic nitrogens is 3. The fraction of sp³-hybridized carbons (Fsp3) is 0.250. The predicted molar refractivity (Wildman–Crippen MR) is 109 cm³/mol. The van der Waals surface area contributed by atoms with Crippen molar-refractivity contribution < 1.29 is 14.3 Å². The second-order valence-electron chi connectivity index (χ2n) is 6.22. The molecule has 0 aliphatic rings. The normalized spacial score (nSPS) is 11.8. The Morgan fingerprint density at radius 2 is 1.75 bits per heavy atom. The molecule has 0 saturated carbocycles. The van der Waals surface area contributed by atoms with Crippen molar-refractivity contribution in [3.8, 4) is 17.2 Å².